The number of benzene rings is 1. The van der Waals surface area contributed by atoms with E-state index in [1.54, 1.807) is 57.2 Å². The monoisotopic (exact) mass is 474 g/mol. The van der Waals surface area contributed by atoms with Gasteiger partial charge in [0.05, 0.1) is 29.0 Å². The lowest BCUT2D eigenvalue weighted by molar-refractivity contribution is -0.445. The van der Waals surface area contributed by atoms with Gasteiger partial charge in [-0.25, -0.2) is 4.79 Å². The fraction of sp³-hybridized carbons (Fsp3) is 0.409. The Labute approximate surface area is 195 Å². The lowest BCUT2D eigenvalue weighted by Gasteiger charge is -2.28. The van der Waals surface area contributed by atoms with E-state index in [0.717, 1.165) is 7.05 Å². The van der Waals surface area contributed by atoms with E-state index < -0.39 is 34.5 Å². The third kappa shape index (κ3) is 6.95. The number of carbonyl (C=O) groups is 5. The number of allylic oxidation sites excluding steroid dienone is 1. The van der Waals surface area contributed by atoms with Gasteiger partial charge in [0.2, 0.25) is 11.8 Å². The van der Waals surface area contributed by atoms with Crippen molar-refractivity contribution in [3.8, 4) is 0 Å². The number of carbonyl (C=O) groups excluding carboxylic acids is 5. The zero-order valence-electron chi connectivity index (χ0n) is 19.1. The Morgan fingerprint density at radius 2 is 1.59 bits per heavy atom. The van der Waals surface area contributed by atoms with E-state index in [1.165, 1.54) is 0 Å². The van der Waals surface area contributed by atoms with Crippen LogP contribution in [0.1, 0.15) is 47.9 Å². The molecule has 3 aliphatic rings. The summed E-state index contributed by atoms with van der Waals surface area (Å²) in [4.78, 5) is 65.2. The summed E-state index contributed by atoms with van der Waals surface area (Å²) < 4.78 is 5.15. The van der Waals surface area contributed by atoms with E-state index in [-0.39, 0.29) is 23.6 Å². The minimum Gasteiger partial charge on any atom is -0.444 e. The highest BCUT2D eigenvalue weighted by Crippen LogP contribution is 2.30. The summed E-state index contributed by atoms with van der Waals surface area (Å²) in [7, 11) is 0.889. The van der Waals surface area contributed by atoms with Crippen LogP contribution in [0.25, 0.3) is 0 Å². The third-order valence-corrected chi connectivity index (χ3v) is 4.77. The predicted octanol–water partition coefficient (Wildman–Crippen LogP) is 1.19. The lowest BCUT2D eigenvalue weighted by atomic mass is 9.81. The van der Waals surface area contributed by atoms with Gasteiger partial charge in [-0.2, -0.15) is 0 Å². The molecule has 1 saturated heterocycles. The van der Waals surface area contributed by atoms with E-state index in [9.17, 15) is 24.0 Å². The van der Waals surface area contributed by atoms with Crippen LogP contribution in [-0.4, -0.2) is 53.3 Å². The first-order valence-corrected chi connectivity index (χ1v) is 10.3. The minimum atomic E-state index is -0.602. The Kier molecular flexibility index (Phi) is 8.22. The van der Waals surface area contributed by atoms with Crippen molar-refractivity contribution in [3.05, 3.63) is 57.7 Å². The average molecular weight is 474 g/mol. The normalized spacial score (nSPS) is 22.1. The number of amides is 5. The van der Waals surface area contributed by atoms with Crippen molar-refractivity contribution >= 4 is 29.7 Å². The summed E-state index contributed by atoms with van der Waals surface area (Å²) in [5.74, 6) is -2.13. The fourth-order valence-corrected chi connectivity index (χ4v) is 3.50. The summed E-state index contributed by atoms with van der Waals surface area (Å²) in [5, 5.41) is 15.9. The van der Waals surface area contributed by atoms with Gasteiger partial charge >= 0.3 is 6.09 Å². The molecule has 12 heteroatoms. The molecule has 1 fully saturated rings. The summed E-state index contributed by atoms with van der Waals surface area (Å²) in [6.45, 7) is 5.29. The van der Waals surface area contributed by atoms with E-state index in [2.05, 4.69) is 16.0 Å². The highest BCUT2D eigenvalue weighted by atomic mass is 16.6. The second-order valence-electron chi connectivity index (χ2n) is 8.59. The van der Waals surface area contributed by atoms with Crippen LogP contribution < -0.4 is 16.0 Å². The Hall–Kier alpha value is -4.09. The first-order chi connectivity index (χ1) is 15.8. The zero-order valence-corrected chi connectivity index (χ0v) is 19.1. The van der Waals surface area contributed by atoms with E-state index >= 15 is 0 Å². The topological polar surface area (TPSA) is 174 Å². The molecule has 3 N–H and O–H groups in total. The number of hydrogen-bond donors (Lipinski definition) is 3. The molecule has 0 radical (unpaired) electrons. The van der Waals surface area contributed by atoms with E-state index in [1.807, 2.05) is 0 Å². The van der Waals surface area contributed by atoms with Crippen LogP contribution in [-0.2, 0) is 14.3 Å². The summed E-state index contributed by atoms with van der Waals surface area (Å²) in [6, 6.07) is 6.24. The molecule has 2 heterocycles. The summed E-state index contributed by atoms with van der Waals surface area (Å²) in [6.07, 6.45) is 3.48. The molecule has 1 aliphatic carbocycles. The van der Waals surface area contributed by atoms with Gasteiger partial charge in [-0.05, 0) is 39.3 Å². The predicted molar refractivity (Wildman–Crippen MR) is 118 cm³/mol. The van der Waals surface area contributed by atoms with Gasteiger partial charge in [0.1, 0.15) is 5.60 Å². The van der Waals surface area contributed by atoms with E-state index in [0.29, 0.717) is 17.5 Å². The van der Waals surface area contributed by atoms with Crippen molar-refractivity contribution in [2.75, 3.05) is 7.05 Å². The number of nitrogens with zero attached hydrogens (tertiary/aromatic N) is 1. The lowest BCUT2D eigenvalue weighted by Crippen LogP contribution is -2.46. The molecule has 1 aromatic rings. The molecule has 4 rings (SSSR count). The van der Waals surface area contributed by atoms with Gasteiger partial charge in [-0.15, -0.1) is 0 Å². The number of imide groups is 2. The first kappa shape index (κ1) is 26.2. The van der Waals surface area contributed by atoms with Crippen molar-refractivity contribution in [1.82, 2.24) is 16.0 Å². The number of alkyl carbamates (subject to hydrolysis) is 1. The molecule has 0 spiro atoms. The van der Waals surface area contributed by atoms with Crippen LogP contribution in [0.4, 0.5) is 4.79 Å². The van der Waals surface area contributed by atoms with Crippen LogP contribution >= 0.6 is 0 Å². The molecular formula is C22H26N4O8. The number of hydrogen-bond acceptors (Lipinski definition) is 8. The van der Waals surface area contributed by atoms with Crippen molar-refractivity contribution in [2.45, 2.75) is 38.8 Å². The maximum absolute atomic E-state index is 11.7. The molecule has 34 heavy (non-hydrogen) atoms. The standard InChI is InChI=1S/C13H18N2O4.C8H5NO2.CH3NO2/c1-13(2,3)19-12(18)14-8-6-4-5-7-9(8)11(17)15-10(7)16;10-7-5-3-1-2-4-6(5)8(11)9-7;1-2(3)4/h4,6-9H,5H2,1-3H3,(H,14,18)(H,15,16,17);1-4H,(H,9,10,11);1H3. The maximum Gasteiger partial charge on any atom is 0.408 e. The Morgan fingerprint density at radius 1 is 1.06 bits per heavy atom. The Balaban J connectivity index is 0.000000228. The number of fused-ring (bicyclic) bond motifs is 2. The second-order valence-corrected chi connectivity index (χ2v) is 8.59. The number of nitrogens with one attached hydrogen (secondary N) is 3. The molecule has 3 unspecified atom stereocenters. The van der Waals surface area contributed by atoms with Gasteiger partial charge in [0.25, 0.3) is 11.8 Å². The minimum absolute atomic E-state index is 0.268. The molecule has 0 aromatic heterocycles. The number of ether oxygens (including phenoxy) is 1. The molecule has 182 valence electrons. The molecule has 0 saturated carbocycles. The van der Waals surface area contributed by atoms with Gasteiger partial charge in [0.15, 0.2) is 7.05 Å². The van der Waals surface area contributed by atoms with Gasteiger partial charge in [-0.3, -0.25) is 39.9 Å². The van der Waals surface area contributed by atoms with Crippen LogP contribution in [0.15, 0.2) is 36.4 Å². The molecule has 2 aliphatic heterocycles. The average Bonchev–Trinajstić information content (AvgIpc) is 3.17. The summed E-state index contributed by atoms with van der Waals surface area (Å²) >= 11 is 0. The molecule has 5 amide bonds. The molecular weight excluding hydrogens is 448 g/mol. The largest absolute Gasteiger partial charge is 0.444 e. The smallest absolute Gasteiger partial charge is 0.408 e. The fourth-order valence-electron chi connectivity index (χ4n) is 3.50. The van der Waals surface area contributed by atoms with E-state index in [4.69, 9.17) is 14.9 Å². The van der Waals surface area contributed by atoms with Gasteiger partial charge < -0.3 is 10.1 Å². The number of nitro groups is 1. The Morgan fingerprint density at radius 3 is 2.09 bits per heavy atom. The molecule has 3 atom stereocenters. The van der Waals surface area contributed by atoms with Crippen LogP contribution in [0.5, 0.6) is 0 Å². The number of rotatable bonds is 1. The quantitative estimate of drug-likeness (QED) is 0.235. The highest BCUT2D eigenvalue weighted by Gasteiger charge is 2.46. The highest BCUT2D eigenvalue weighted by molar-refractivity contribution is 6.21. The van der Waals surface area contributed by atoms with Crippen molar-refractivity contribution < 1.29 is 33.6 Å². The zero-order chi connectivity index (χ0) is 25.6. The summed E-state index contributed by atoms with van der Waals surface area (Å²) in [5.41, 5.74) is 0.338. The molecule has 12 nitrogen and oxygen atoms in total. The maximum atomic E-state index is 11.7. The van der Waals surface area contributed by atoms with Crippen molar-refractivity contribution in [2.24, 2.45) is 11.8 Å². The van der Waals surface area contributed by atoms with Crippen LogP contribution in [0.3, 0.4) is 0 Å². The first-order valence-electron chi connectivity index (χ1n) is 10.3. The van der Waals surface area contributed by atoms with Gasteiger partial charge in [-0.1, -0.05) is 24.3 Å². The molecule has 0 bridgehead atoms. The van der Waals surface area contributed by atoms with Crippen LogP contribution in [0, 0.1) is 22.0 Å². The van der Waals surface area contributed by atoms with Crippen molar-refractivity contribution in [1.29, 1.82) is 0 Å². The van der Waals surface area contributed by atoms with Gasteiger partial charge in [0, 0.05) is 4.92 Å². The Bertz CT molecular complexity index is 1010. The SMILES string of the molecule is CC(C)(C)OC(=O)NC1C=CCC2C(=O)NC(=O)C12.C[N+](=O)[O-].O=C1NC(=O)c2ccccc21. The van der Waals surface area contributed by atoms with Crippen molar-refractivity contribution in [3.63, 3.8) is 0 Å². The van der Waals surface area contributed by atoms with Crippen LogP contribution in [0.2, 0.25) is 0 Å². The second kappa shape index (κ2) is 10.7. The molecule has 1 aromatic carbocycles. The third-order valence-electron chi connectivity index (χ3n) is 4.77.